The van der Waals surface area contributed by atoms with Gasteiger partial charge in [0.25, 0.3) is 11.8 Å². The van der Waals surface area contributed by atoms with Crippen molar-refractivity contribution in [3.05, 3.63) is 58.2 Å². The summed E-state index contributed by atoms with van der Waals surface area (Å²) >= 11 is 0. The first kappa shape index (κ1) is 20.4. The van der Waals surface area contributed by atoms with Crippen LogP contribution in [0.2, 0.25) is 0 Å². The number of methoxy groups -OCH3 is 1. The van der Waals surface area contributed by atoms with Crippen molar-refractivity contribution in [2.24, 2.45) is 17.8 Å². The van der Waals surface area contributed by atoms with Gasteiger partial charge in [-0.2, -0.15) is 5.06 Å². The number of ether oxygens (including phenoxy) is 1. The minimum atomic E-state index is -0.794. The average Bonchev–Trinajstić information content (AvgIpc) is 3.00. The molecule has 1 aromatic carbocycles. The highest BCUT2D eigenvalue weighted by Gasteiger charge is 2.56. The molecule has 1 aliphatic heterocycles. The summed E-state index contributed by atoms with van der Waals surface area (Å²) in [5, 5.41) is 20.2. The number of benzene rings is 1. The number of phenols is 1. The molecule has 8 heteroatoms. The molecule has 0 aromatic heterocycles. The first-order valence-corrected chi connectivity index (χ1v) is 10.4. The highest BCUT2D eigenvalue weighted by molar-refractivity contribution is 6.23. The highest BCUT2D eigenvalue weighted by Crippen LogP contribution is 2.55. The van der Waals surface area contributed by atoms with E-state index in [2.05, 4.69) is 0 Å². The van der Waals surface area contributed by atoms with Gasteiger partial charge < -0.3 is 9.84 Å². The minimum absolute atomic E-state index is 0.0647. The average molecular weight is 435 g/mol. The lowest BCUT2D eigenvalue weighted by Crippen LogP contribution is -2.39. The van der Waals surface area contributed by atoms with E-state index in [1.165, 1.54) is 19.3 Å². The molecule has 4 unspecified atom stereocenters. The highest BCUT2D eigenvalue weighted by atomic mass is 16.5. The summed E-state index contributed by atoms with van der Waals surface area (Å²) in [4.78, 5) is 51.3. The fourth-order valence-corrected chi connectivity index (χ4v) is 5.60. The quantitative estimate of drug-likeness (QED) is 0.316. The summed E-state index contributed by atoms with van der Waals surface area (Å²) in [6.07, 6.45) is 3.57. The molecule has 3 aliphatic carbocycles. The number of carbonyl (C=O) groups excluding carboxylic acids is 4. The number of imide groups is 1. The summed E-state index contributed by atoms with van der Waals surface area (Å²) < 4.78 is 5.24. The predicted molar refractivity (Wildman–Crippen MR) is 110 cm³/mol. The molecular weight excluding hydrogens is 414 g/mol. The van der Waals surface area contributed by atoms with E-state index in [1.54, 1.807) is 19.1 Å². The van der Waals surface area contributed by atoms with Gasteiger partial charge in [-0.3, -0.25) is 24.4 Å². The molecule has 1 heterocycles. The van der Waals surface area contributed by atoms with Crippen LogP contribution < -0.4 is 4.74 Å². The van der Waals surface area contributed by atoms with Crippen molar-refractivity contribution < 1.29 is 34.2 Å². The summed E-state index contributed by atoms with van der Waals surface area (Å²) in [5.41, 5.74) is 2.43. The third-order valence-corrected chi connectivity index (χ3v) is 7.08. The number of ketones is 2. The number of carbonyl (C=O) groups is 4. The van der Waals surface area contributed by atoms with E-state index in [1.807, 2.05) is 6.08 Å². The van der Waals surface area contributed by atoms with Gasteiger partial charge in [-0.1, -0.05) is 17.7 Å². The summed E-state index contributed by atoms with van der Waals surface area (Å²) in [7, 11) is 1.42. The van der Waals surface area contributed by atoms with Crippen LogP contribution in [-0.4, -0.2) is 45.9 Å². The number of Topliss-reactive ketones (excluding diaryl/α,β-unsaturated/α-hetero) is 1. The van der Waals surface area contributed by atoms with Gasteiger partial charge in [0.15, 0.2) is 23.1 Å². The van der Waals surface area contributed by atoms with E-state index in [0.717, 1.165) is 5.57 Å². The Morgan fingerprint density at radius 1 is 1.09 bits per heavy atom. The lowest BCUT2D eigenvalue weighted by atomic mass is 9.59. The Morgan fingerprint density at radius 2 is 1.84 bits per heavy atom. The topological polar surface area (TPSA) is 121 Å². The lowest BCUT2D eigenvalue weighted by Gasteiger charge is -2.42. The molecule has 164 valence electrons. The van der Waals surface area contributed by atoms with Crippen LogP contribution in [0.3, 0.4) is 0 Å². The Balaban J connectivity index is 1.72. The number of fused-ring (bicyclic) bond motifs is 3. The van der Waals surface area contributed by atoms with Gasteiger partial charge in [-0.25, -0.2) is 0 Å². The van der Waals surface area contributed by atoms with Crippen molar-refractivity contribution in [3.8, 4) is 11.5 Å². The normalized spacial score (nSPS) is 29.4. The zero-order chi connectivity index (χ0) is 22.9. The summed E-state index contributed by atoms with van der Waals surface area (Å²) in [6.45, 7) is 1.60. The Morgan fingerprint density at radius 3 is 2.56 bits per heavy atom. The van der Waals surface area contributed by atoms with Crippen LogP contribution in [0, 0.1) is 17.8 Å². The number of aromatic hydroxyl groups is 1. The van der Waals surface area contributed by atoms with E-state index in [4.69, 9.17) is 4.74 Å². The first-order valence-electron chi connectivity index (χ1n) is 10.4. The molecule has 0 radical (unpaired) electrons. The van der Waals surface area contributed by atoms with E-state index < -0.39 is 35.5 Å². The molecule has 2 N–H and O–H groups in total. The second kappa shape index (κ2) is 7.00. The van der Waals surface area contributed by atoms with Gasteiger partial charge >= 0.3 is 0 Å². The van der Waals surface area contributed by atoms with Crippen molar-refractivity contribution in [2.45, 2.75) is 25.7 Å². The Hall–Kier alpha value is -3.52. The molecular formula is C24H21NO7. The van der Waals surface area contributed by atoms with Crippen molar-refractivity contribution in [3.63, 3.8) is 0 Å². The van der Waals surface area contributed by atoms with E-state index >= 15 is 0 Å². The first-order chi connectivity index (χ1) is 15.2. The second-order valence-corrected chi connectivity index (χ2v) is 8.65. The number of nitrogens with zero attached hydrogens (tertiary/aromatic N) is 1. The van der Waals surface area contributed by atoms with Gasteiger partial charge in [-0.05, 0) is 49.5 Å². The molecule has 4 atom stereocenters. The van der Waals surface area contributed by atoms with Gasteiger partial charge in [0.2, 0.25) is 0 Å². The maximum absolute atomic E-state index is 13.2. The Bertz CT molecular complexity index is 1200. The number of hydroxylamine groups is 2. The van der Waals surface area contributed by atoms with E-state index in [9.17, 15) is 29.5 Å². The van der Waals surface area contributed by atoms with Gasteiger partial charge in [0.05, 0.1) is 18.9 Å². The van der Waals surface area contributed by atoms with Crippen LogP contribution in [-0.2, 0) is 19.2 Å². The summed E-state index contributed by atoms with van der Waals surface area (Å²) in [5.74, 6) is -4.31. The fourth-order valence-electron chi connectivity index (χ4n) is 5.60. The van der Waals surface area contributed by atoms with Crippen molar-refractivity contribution in [2.75, 3.05) is 7.11 Å². The van der Waals surface area contributed by atoms with Crippen LogP contribution in [0.15, 0.2) is 52.6 Å². The minimum Gasteiger partial charge on any atom is -0.504 e. The predicted octanol–water partition coefficient (Wildman–Crippen LogP) is 2.22. The molecule has 0 spiro atoms. The number of rotatable bonds is 2. The molecule has 0 saturated carbocycles. The zero-order valence-electron chi connectivity index (χ0n) is 17.5. The second-order valence-electron chi connectivity index (χ2n) is 8.65. The third-order valence-electron chi connectivity index (χ3n) is 7.08. The van der Waals surface area contributed by atoms with Crippen LogP contribution in [0.5, 0.6) is 11.5 Å². The molecule has 8 nitrogen and oxygen atoms in total. The molecule has 4 aliphatic rings. The van der Waals surface area contributed by atoms with E-state index in [-0.39, 0.29) is 41.0 Å². The lowest BCUT2D eigenvalue weighted by molar-refractivity contribution is -0.173. The molecule has 5 rings (SSSR count). The fraction of sp³-hybridized carbons (Fsp3) is 0.333. The number of phenolic OH excluding ortho intramolecular Hbond substituents is 1. The molecule has 2 amide bonds. The van der Waals surface area contributed by atoms with Crippen LogP contribution in [0.25, 0.3) is 0 Å². The maximum atomic E-state index is 13.2. The molecule has 1 saturated heterocycles. The molecule has 1 fully saturated rings. The third kappa shape index (κ3) is 2.65. The zero-order valence-corrected chi connectivity index (χ0v) is 17.5. The van der Waals surface area contributed by atoms with Crippen molar-refractivity contribution in [1.29, 1.82) is 0 Å². The van der Waals surface area contributed by atoms with Crippen LogP contribution in [0.4, 0.5) is 0 Å². The van der Waals surface area contributed by atoms with Crippen molar-refractivity contribution >= 4 is 23.4 Å². The van der Waals surface area contributed by atoms with Crippen LogP contribution >= 0.6 is 0 Å². The number of allylic oxidation sites excluding steroid dienone is 6. The summed E-state index contributed by atoms with van der Waals surface area (Å²) in [6, 6.07) is 4.74. The SMILES string of the molecule is COc1cc(C2C3=CCC4C(=O)N(O)C(=O)C4C3CC3=C2C(=O)C(C)=CC3=O)ccc1O. The Kier molecular flexibility index (Phi) is 4.46. The van der Waals surface area contributed by atoms with Gasteiger partial charge in [-0.15, -0.1) is 0 Å². The van der Waals surface area contributed by atoms with Gasteiger partial charge in [0.1, 0.15) is 0 Å². The molecule has 32 heavy (non-hydrogen) atoms. The monoisotopic (exact) mass is 435 g/mol. The standard InChI is InChI=1S/C24H21NO7/c1-10-7-17(27)15-9-14-12(4-5-13-20(14)24(30)25(31)23(13)29)19(21(15)22(10)28)11-3-6-16(26)18(8-11)32-2/h3-4,6-8,13-14,19-20,26,31H,5,9H2,1-2H3. The number of hydrogen-bond donors (Lipinski definition) is 2. The molecule has 0 bridgehead atoms. The largest absolute Gasteiger partial charge is 0.504 e. The number of hydrogen-bond acceptors (Lipinski definition) is 7. The molecule has 1 aromatic rings. The maximum Gasteiger partial charge on any atom is 0.257 e. The van der Waals surface area contributed by atoms with E-state index in [0.29, 0.717) is 22.3 Å². The number of amides is 2. The van der Waals surface area contributed by atoms with Crippen molar-refractivity contribution in [1.82, 2.24) is 5.06 Å². The van der Waals surface area contributed by atoms with Gasteiger partial charge in [0, 0.05) is 22.6 Å². The smallest absolute Gasteiger partial charge is 0.257 e. The Labute approximate surface area is 183 Å². The van der Waals surface area contributed by atoms with Crippen LogP contribution in [0.1, 0.15) is 31.2 Å².